The Morgan fingerprint density at radius 3 is 2.59 bits per heavy atom. The molecule has 0 N–H and O–H groups in total. The summed E-state index contributed by atoms with van der Waals surface area (Å²) in [6.45, 7) is 1.95. The fourth-order valence-electron chi connectivity index (χ4n) is 1.50. The van der Waals surface area contributed by atoms with E-state index in [1.54, 1.807) is 11.8 Å². The van der Waals surface area contributed by atoms with Crippen LogP contribution < -0.4 is 0 Å². The van der Waals surface area contributed by atoms with Crippen molar-refractivity contribution in [3.8, 4) is 0 Å². The van der Waals surface area contributed by atoms with Gasteiger partial charge in [-0.05, 0) is 52.7 Å². The average molecular weight is 307 g/mol. The van der Waals surface area contributed by atoms with Crippen molar-refractivity contribution >= 4 is 34.0 Å². The van der Waals surface area contributed by atoms with Crippen molar-refractivity contribution < 1.29 is 4.79 Å². The van der Waals surface area contributed by atoms with Gasteiger partial charge < -0.3 is 0 Å². The lowest BCUT2D eigenvalue weighted by Gasteiger charge is -2.06. The predicted octanol–water partition coefficient (Wildman–Crippen LogP) is 4.72. The molecule has 0 saturated heterocycles. The minimum atomic E-state index is 0.751. The number of rotatable bonds is 3. The Morgan fingerprint density at radius 1 is 1.18 bits per heavy atom. The highest BCUT2D eigenvalue weighted by molar-refractivity contribution is 9.10. The molecule has 0 unspecified atom stereocenters. The summed E-state index contributed by atoms with van der Waals surface area (Å²) in [4.78, 5) is 13.0. The van der Waals surface area contributed by atoms with E-state index in [2.05, 4.69) is 22.0 Å². The quantitative estimate of drug-likeness (QED) is 0.763. The molecule has 0 aromatic heterocycles. The Morgan fingerprint density at radius 2 is 1.94 bits per heavy atom. The molecule has 0 fully saturated rings. The highest BCUT2D eigenvalue weighted by Gasteiger charge is 2.03. The summed E-state index contributed by atoms with van der Waals surface area (Å²) in [5.74, 6) is 0. The molecule has 2 rings (SSSR count). The first-order valence-electron chi connectivity index (χ1n) is 5.19. The maximum absolute atomic E-state index is 10.7. The van der Waals surface area contributed by atoms with Crippen LogP contribution in [0.15, 0.2) is 56.7 Å². The van der Waals surface area contributed by atoms with Gasteiger partial charge in [0.1, 0.15) is 6.29 Å². The third-order valence-corrected chi connectivity index (χ3v) is 4.45. The fourth-order valence-corrected chi connectivity index (χ4v) is 2.96. The van der Waals surface area contributed by atoms with Gasteiger partial charge in [0.2, 0.25) is 0 Å². The summed E-state index contributed by atoms with van der Waals surface area (Å²) in [5, 5.41) is 0. The molecular formula is C14H11BrOS. The Kier molecular flexibility index (Phi) is 4.02. The molecule has 0 aliphatic carbocycles. The molecule has 0 radical (unpaired) electrons. The van der Waals surface area contributed by atoms with E-state index in [1.807, 2.05) is 43.3 Å². The van der Waals surface area contributed by atoms with Gasteiger partial charge in [-0.3, -0.25) is 4.79 Å². The molecule has 17 heavy (non-hydrogen) atoms. The Balaban J connectivity index is 2.28. The molecule has 0 amide bonds. The smallest absolute Gasteiger partial charge is 0.150 e. The number of hydrogen-bond donors (Lipinski definition) is 0. The number of halogens is 1. The Labute approximate surface area is 113 Å². The highest BCUT2D eigenvalue weighted by atomic mass is 79.9. The maximum atomic E-state index is 10.7. The molecular weight excluding hydrogens is 296 g/mol. The van der Waals surface area contributed by atoms with Gasteiger partial charge in [0.25, 0.3) is 0 Å². The first-order chi connectivity index (χ1) is 8.20. The molecule has 0 aliphatic heterocycles. The second-order valence-electron chi connectivity index (χ2n) is 3.67. The molecule has 0 bridgehead atoms. The van der Waals surface area contributed by atoms with E-state index >= 15 is 0 Å². The van der Waals surface area contributed by atoms with E-state index in [0.29, 0.717) is 0 Å². The zero-order chi connectivity index (χ0) is 12.3. The van der Waals surface area contributed by atoms with Gasteiger partial charge in [0.15, 0.2) is 0 Å². The molecule has 0 heterocycles. The minimum absolute atomic E-state index is 0.751. The minimum Gasteiger partial charge on any atom is -0.298 e. The van der Waals surface area contributed by atoms with Crippen molar-refractivity contribution in [2.24, 2.45) is 0 Å². The summed E-state index contributed by atoms with van der Waals surface area (Å²) in [7, 11) is 0. The summed E-state index contributed by atoms with van der Waals surface area (Å²) in [6.07, 6.45) is 0.891. The van der Waals surface area contributed by atoms with Crippen LogP contribution in [0.2, 0.25) is 0 Å². The maximum Gasteiger partial charge on any atom is 0.150 e. The summed E-state index contributed by atoms with van der Waals surface area (Å²) >= 11 is 5.21. The average Bonchev–Trinajstić information content (AvgIpc) is 2.32. The van der Waals surface area contributed by atoms with Gasteiger partial charge in [0.05, 0.1) is 0 Å². The predicted molar refractivity (Wildman–Crippen MR) is 74.8 cm³/mol. The molecule has 0 spiro atoms. The third kappa shape index (κ3) is 2.99. The van der Waals surface area contributed by atoms with Crippen LogP contribution in [0.4, 0.5) is 0 Å². The first kappa shape index (κ1) is 12.4. The van der Waals surface area contributed by atoms with Gasteiger partial charge in [-0.25, -0.2) is 0 Å². The van der Waals surface area contributed by atoms with Crippen LogP contribution in [-0.2, 0) is 0 Å². The second-order valence-corrected chi connectivity index (χ2v) is 5.64. The zero-order valence-corrected chi connectivity index (χ0v) is 11.7. The van der Waals surface area contributed by atoms with Gasteiger partial charge in [-0.1, -0.05) is 30.0 Å². The fraction of sp³-hybridized carbons (Fsp3) is 0.0714. The number of carbonyl (C=O) groups is 1. The number of carbonyl (C=O) groups excluding carboxylic acids is 1. The van der Waals surface area contributed by atoms with E-state index in [9.17, 15) is 4.79 Å². The standard InChI is InChI=1S/C14H11BrOS/c1-10-8-12(7-6-11(10)9-16)17-14-5-3-2-4-13(14)15/h2-9H,1H3. The van der Waals surface area contributed by atoms with Crippen LogP contribution in [0, 0.1) is 6.92 Å². The second kappa shape index (κ2) is 5.52. The largest absolute Gasteiger partial charge is 0.298 e. The molecule has 0 aliphatic rings. The van der Waals surface area contributed by atoms with Crippen molar-refractivity contribution in [1.82, 2.24) is 0 Å². The number of benzene rings is 2. The van der Waals surface area contributed by atoms with E-state index < -0.39 is 0 Å². The molecule has 2 aromatic carbocycles. The van der Waals surface area contributed by atoms with Crippen LogP contribution in [-0.4, -0.2) is 6.29 Å². The highest BCUT2D eigenvalue weighted by Crippen LogP contribution is 2.33. The molecule has 1 nitrogen and oxygen atoms in total. The lowest BCUT2D eigenvalue weighted by Crippen LogP contribution is -1.86. The molecule has 3 heteroatoms. The van der Waals surface area contributed by atoms with Gasteiger partial charge >= 0.3 is 0 Å². The first-order valence-corrected chi connectivity index (χ1v) is 6.80. The van der Waals surface area contributed by atoms with Gasteiger partial charge in [-0.15, -0.1) is 0 Å². The van der Waals surface area contributed by atoms with Gasteiger partial charge in [0, 0.05) is 19.8 Å². The van der Waals surface area contributed by atoms with Crippen molar-refractivity contribution in [3.05, 3.63) is 58.1 Å². The lowest BCUT2D eigenvalue weighted by atomic mass is 10.1. The number of aryl methyl sites for hydroxylation is 1. The summed E-state index contributed by atoms with van der Waals surface area (Å²) < 4.78 is 1.09. The Bertz CT molecular complexity index is 552. The van der Waals surface area contributed by atoms with Crippen molar-refractivity contribution in [2.45, 2.75) is 16.7 Å². The van der Waals surface area contributed by atoms with E-state index in [1.165, 1.54) is 4.90 Å². The van der Waals surface area contributed by atoms with E-state index in [4.69, 9.17) is 0 Å². The SMILES string of the molecule is Cc1cc(Sc2ccccc2Br)ccc1C=O. The van der Waals surface area contributed by atoms with Crippen molar-refractivity contribution in [1.29, 1.82) is 0 Å². The summed E-state index contributed by atoms with van der Waals surface area (Å²) in [6, 6.07) is 14.0. The van der Waals surface area contributed by atoms with Crippen molar-refractivity contribution in [3.63, 3.8) is 0 Å². The van der Waals surface area contributed by atoms with Crippen LogP contribution >= 0.6 is 27.7 Å². The molecule has 0 atom stereocenters. The van der Waals surface area contributed by atoms with E-state index in [-0.39, 0.29) is 0 Å². The number of hydrogen-bond acceptors (Lipinski definition) is 2. The molecule has 2 aromatic rings. The van der Waals surface area contributed by atoms with Crippen LogP contribution in [0.25, 0.3) is 0 Å². The topological polar surface area (TPSA) is 17.1 Å². The monoisotopic (exact) mass is 306 g/mol. The molecule has 0 saturated carbocycles. The van der Waals surface area contributed by atoms with Crippen molar-refractivity contribution in [2.75, 3.05) is 0 Å². The zero-order valence-electron chi connectivity index (χ0n) is 9.31. The summed E-state index contributed by atoms with van der Waals surface area (Å²) in [5.41, 5.74) is 1.76. The van der Waals surface area contributed by atoms with Crippen LogP contribution in [0.5, 0.6) is 0 Å². The molecule has 86 valence electrons. The van der Waals surface area contributed by atoms with Gasteiger partial charge in [-0.2, -0.15) is 0 Å². The van der Waals surface area contributed by atoms with Crippen LogP contribution in [0.3, 0.4) is 0 Å². The number of aldehydes is 1. The van der Waals surface area contributed by atoms with Crippen LogP contribution in [0.1, 0.15) is 15.9 Å². The normalized spacial score (nSPS) is 10.2. The third-order valence-electron chi connectivity index (χ3n) is 2.43. The van der Waals surface area contributed by atoms with E-state index in [0.717, 1.165) is 26.8 Å². The Hall–Kier alpha value is -1.06. The lowest BCUT2D eigenvalue weighted by molar-refractivity contribution is 0.112.